The normalized spacial score (nSPS) is 15.1. The molecule has 1 fully saturated rings. The van der Waals surface area contributed by atoms with E-state index in [0.29, 0.717) is 23.7 Å². The van der Waals surface area contributed by atoms with Crippen LogP contribution in [0.15, 0.2) is 12.3 Å². The van der Waals surface area contributed by atoms with E-state index in [2.05, 4.69) is 22.1 Å². The number of hydrogen-bond donors (Lipinski definition) is 1. The Kier molecular flexibility index (Phi) is 7.59. The summed E-state index contributed by atoms with van der Waals surface area (Å²) in [6.07, 6.45) is 2.05. The van der Waals surface area contributed by atoms with Crippen LogP contribution in [0.25, 0.3) is 0 Å². The summed E-state index contributed by atoms with van der Waals surface area (Å²) in [6, 6.07) is 1.62. The Morgan fingerprint density at radius 2 is 1.73 bits per heavy atom. The molecule has 1 aliphatic rings. The molecule has 0 bridgehead atoms. The minimum Gasteiger partial charge on any atom is -0.444 e. The molecule has 1 N–H and O–H groups in total. The van der Waals surface area contributed by atoms with Gasteiger partial charge in [-0.1, -0.05) is 23.4 Å². The van der Waals surface area contributed by atoms with Gasteiger partial charge in [0.2, 0.25) is 0 Å². The van der Waals surface area contributed by atoms with Crippen LogP contribution in [0.5, 0.6) is 0 Å². The molecular formula is C22H30ClN3O4. The van der Waals surface area contributed by atoms with E-state index in [1.165, 1.54) is 6.20 Å². The fourth-order valence-corrected chi connectivity index (χ4v) is 2.95. The average Bonchev–Trinajstić information content (AvgIpc) is 2.58. The summed E-state index contributed by atoms with van der Waals surface area (Å²) in [7, 11) is 0. The Hall–Kier alpha value is -2.46. The Balaban J connectivity index is 2.03. The van der Waals surface area contributed by atoms with Crippen molar-refractivity contribution in [3.8, 4) is 11.8 Å². The molecule has 1 aromatic heterocycles. The zero-order valence-electron chi connectivity index (χ0n) is 18.5. The highest BCUT2D eigenvalue weighted by Crippen LogP contribution is 2.23. The molecule has 1 saturated heterocycles. The number of ether oxygens (including phenoxy) is 2. The van der Waals surface area contributed by atoms with Crippen molar-refractivity contribution < 1.29 is 19.1 Å². The van der Waals surface area contributed by atoms with Crippen molar-refractivity contribution in [1.82, 2.24) is 9.88 Å². The van der Waals surface area contributed by atoms with Gasteiger partial charge in [0, 0.05) is 25.2 Å². The Labute approximate surface area is 183 Å². The van der Waals surface area contributed by atoms with Crippen LogP contribution in [0, 0.1) is 17.8 Å². The molecule has 164 valence electrons. The molecule has 1 aliphatic heterocycles. The summed E-state index contributed by atoms with van der Waals surface area (Å²) in [6.45, 7) is 12.1. The number of hydrogen-bond acceptors (Lipinski definition) is 5. The van der Waals surface area contributed by atoms with Crippen LogP contribution in [0.2, 0.25) is 5.02 Å². The fraction of sp³-hybridized carbons (Fsp3) is 0.591. The maximum atomic E-state index is 12.2. The predicted molar refractivity (Wildman–Crippen MR) is 117 cm³/mol. The fourth-order valence-electron chi connectivity index (χ4n) is 2.76. The number of halogens is 1. The minimum atomic E-state index is -0.628. The Morgan fingerprint density at radius 3 is 2.30 bits per heavy atom. The summed E-state index contributed by atoms with van der Waals surface area (Å²) < 4.78 is 10.7. The highest BCUT2D eigenvalue weighted by Gasteiger charge is 2.26. The number of rotatable bonds is 1. The summed E-state index contributed by atoms with van der Waals surface area (Å²) in [5, 5.41) is 3.01. The summed E-state index contributed by atoms with van der Waals surface area (Å²) >= 11 is 6.29. The van der Waals surface area contributed by atoms with Gasteiger partial charge in [-0.25, -0.2) is 14.6 Å². The molecule has 8 heteroatoms. The Bertz CT molecular complexity index is 839. The summed E-state index contributed by atoms with van der Waals surface area (Å²) in [5.41, 5.74) is -0.696. The van der Waals surface area contributed by atoms with Crippen LogP contribution in [-0.2, 0) is 9.47 Å². The second-order valence-corrected chi connectivity index (χ2v) is 9.56. The lowest BCUT2D eigenvalue weighted by molar-refractivity contribution is 0.0199. The maximum Gasteiger partial charge on any atom is 0.413 e. The molecule has 0 spiro atoms. The number of nitrogens with one attached hydrogen (secondary N) is 1. The molecule has 30 heavy (non-hydrogen) atoms. The molecule has 7 nitrogen and oxygen atoms in total. The first-order chi connectivity index (χ1) is 13.8. The third-order valence-electron chi connectivity index (χ3n) is 4.07. The maximum absolute atomic E-state index is 12.2. The summed E-state index contributed by atoms with van der Waals surface area (Å²) in [5.74, 6) is 6.62. The van der Waals surface area contributed by atoms with Gasteiger partial charge in [-0.2, -0.15) is 0 Å². The number of likely N-dealkylation sites (tertiary alicyclic amines) is 1. The quantitative estimate of drug-likeness (QED) is 0.622. The molecule has 1 aromatic rings. The molecule has 0 radical (unpaired) electrons. The van der Waals surface area contributed by atoms with Crippen molar-refractivity contribution in [3.63, 3.8) is 0 Å². The van der Waals surface area contributed by atoms with Gasteiger partial charge < -0.3 is 14.4 Å². The highest BCUT2D eigenvalue weighted by molar-refractivity contribution is 6.32. The first kappa shape index (κ1) is 23.8. The van der Waals surface area contributed by atoms with Gasteiger partial charge in [0.05, 0.1) is 10.6 Å². The minimum absolute atomic E-state index is 0.106. The second kappa shape index (κ2) is 9.57. The van der Waals surface area contributed by atoms with E-state index >= 15 is 0 Å². The number of anilines is 1. The lowest BCUT2D eigenvalue weighted by Gasteiger charge is -2.31. The van der Waals surface area contributed by atoms with E-state index in [1.54, 1.807) is 31.7 Å². The topological polar surface area (TPSA) is 80.8 Å². The average molecular weight is 436 g/mol. The van der Waals surface area contributed by atoms with Gasteiger partial charge >= 0.3 is 12.2 Å². The number of carbonyl (C=O) groups excluding carboxylic acids is 2. The van der Waals surface area contributed by atoms with Crippen LogP contribution < -0.4 is 5.32 Å². The van der Waals surface area contributed by atoms with E-state index in [4.69, 9.17) is 21.1 Å². The van der Waals surface area contributed by atoms with E-state index in [0.717, 1.165) is 12.8 Å². The van der Waals surface area contributed by atoms with Gasteiger partial charge in [-0.15, -0.1) is 0 Å². The smallest absolute Gasteiger partial charge is 0.413 e. The molecule has 2 amide bonds. The molecule has 0 unspecified atom stereocenters. The van der Waals surface area contributed by atoms with Crippen molar-refractivity contribution in [2.24, 2.45) is 5.92 Å². The number of carbonyl (C=O) groups is 2. The lowest BCUT2D eigenvalue weighted by Crippen LogP contribution is -2.41. The zero-order chi connectivity index (χ0) is 22.5. The third-order valence-corrected chi connectivity index (χ3v) is 4.38. The largest absolute Gasteiger partial charge is 0.444 e. The van der Waals surface area contributed by atoms with Crippen LogP contribution >= 0.6 is 11.6 Å². The molecule has 2 rings (SSSR count). The van der Waals surface area contributed by atoms with E-state index in [9.17, 15) is 9.59 Å². The molecular weight excluding hydrogens is 406 g/mol. The van der Waals surface area contributed by atoms with E-state index in [1.807, 2.05) is 20.8 Å². The molecule has 2 heterocycles. The molecule has 0 saturated carbocycles. The molecule has 0 aromatic carbocycles. The second-order valence-electron chi connectivity index (χ2n) is 9.15. The first-order valence-electron chi connectivity index (χ1n) is 9.98. The lowest BCUT2D eigenvalue weighted by atomic mass is 9.97. The van der Waals surface area contributed by atoms with E-state index < -0.39 is 17.3 Å². The monoisotopic (exact) mass is 435 g/mol. The standard InChI is InChI=1S/C22H30ClN3O4/c1-21(2,3)29-19(27)25-18-16(17(23)9-12-24-18)8-7-15-10-13-26(14-11-15)20(28)30-22(4,5)6/h9,12,15H,10-11,13-14H2,1-6H3,(H,24,25,27). The van der Waals surface area contributed by atoms with Gasteiger partial charge in [-0.05, 0) is 60.5 Å². The van der Waals surface area contributed by atoms with Crippen molar-refractivity contribution in [2.75, 3.05) is 18.4 Å². The molecule has 0 atom stereocenters. The highest BCUT2D eigenvalue weighted by atomic mass is 35.5. The van der Waals surface area contributed by atoms with Gasteiger partial charge in [0.1, 0.15) is 11.2 Å². The SMILES string of the molecule is CC(C)(C)OC(=O)Nc1nccc(Cl)c1C#CC1CCN(C(=O)OC(C)(C)C)CC1. The number of pyridine rings is 1. The first-order valence-corrected chi connectivity index (χ1v) is 10.4. The number of amides is 2. The van der Waals surface area contributed by atoms with Crippen LogP contribution in [0.3, 0.4) is 0 Å². The van der Waals surface area contributed by atoms with Gasteiger partial charge in [0.25, 0.3) is 0 Å². The zero-order valence-corrected chi connectivity index (χ0v) is 19.2. The van der Waals surface area contributed by atoms with Crippen LogP contribution in [0.4, 0.5) is 15.4 Å². The van der Waals surface area contributed by atoms with Crippen LogP contribution in [0.1, 0.15) is 59.9 Å². The number of nitrogens with zero attached hydrogens (tertiary/aromatic N) is 2. The number of aromatic nitrogens is 1. The Morgan fingerprint density at radius 1 is 1.13 bits per heavy atom. The van der Waals surface area contributed by atoms with Gasteiger partial charge in [0.15, 0.2) is 5.82 Å². The van der Waals surface area contributed by atoms with Crippen molar-refractivity contribution >= 4 is 29.6 Å². The molecule has 0 aliphatic carbocycles. The summed E-state index contributed by atoms with van der Waals surface area (Å²) in [4.78, 5) is 30.1. The number of piperidine rings is 1. The third kappa shape index (κ3) is 7.75. The van der Waals surface area contributed by atoms with Crippen LogP contribution in [-0.4, -0.2) is 46.4 Å². The van der Waals surface area contributed by atoms with Gasteiger partial charge in [-0.3, -0.25) is 5.32 Å². The van der Waals surface area contributed by atoms with Crippen molar-refractivity contribution in [2.45, 2.75) is 65.6 Å². The van der Waals surface area contributed by atoms with E-state index in [-0.39, 0.29) is 17.8 Å². The van der Waals surface area contributed by atoms with Crippen molar-refractivity contribution in [3.05, 3.63) is 22.8 Å². The predicted octanol–water partition coefficient (Wildman–Crippen LogP) is 5.08. The van der Waals surface area contributed by atoms with Crippen molar-refractivity contribution in [1.29, 1.82) is 0 Å².